The number of amides is 1. The van der Waals surface area contributed by atoms with Crippen LogP contribution in [-0.4, -0.2) is 27.2 Å². The largest absolute Gasteiger partial charge is 0.274 e. The molecule has 0 heterocycles. The van der Waals surface area contributed by atoms with Gasteiger partial charge in [-0.05, 0) is 24.1 Å². The molecule has 0 aliphatic carbocycles. The zero-order valence-corrected chi connectivity index (χ0v) is 12.5. The maximum atomic E-state index is 11.7. The number of halogens is 1. The molecule has 0 saturated heterocycles. The summed E-state index contributed by atoms with van der Waals surface area (Å²) in [4.78, 5) is 16.6. The summed E-state index contributed by atoms with van der Waals surface area (Å²) in [5.74, 6) is -0.237. The molecule has 0 unspecified atom stereocenters. The van der Waals surface area contributed by atoms with E-state index in [0.29, 0.717) is 6.61 Å². The number of benzene rings is 1. The van der Waals surface area contributed by atoms with Crippen LogP contribution in [0.15, 0.2) is 23.1 Å². The molecule has 1 aromatic carbocycles. The number of hydrogen-bond acceptors (Lipinski definition) is 4. The van der Waals surface area contributed by atoms with Crippen LogP contribution >= 0.6 is 11.6 Å². The van der Waals surface area contributed by atoms with Crippen molar-refractivity contribution in [3.05, 3.63) is 28.8 Å². The second-order valence-electron chi connectivity index (χ2n) is 4.55. The average molecular weight is 306 g/mol. The van der Waals surface area contributed by atoms with Crippen LogP contribution in [0.5, 0.6) is 0 Å². The van der Waals surface area contributed by atoms with E-state index in [9.17, 15) is 13.2 Å². The molecule has 0 radical (unpaired) electrons. The van der Waals surface area contributed by atoms with Gasteiger partial charge in [-0.3, -0.25) is 9.63 Å². The molecule has 0 fully saturated rings. The third-order valence-corrected chi connectivity index (χ3v) is 3.75. The van der Waals surface area contributed by atoms with Gasteiger partial charge < -0.3 is 0 Å². The topological polar surface area (TPSA) is 72.5 Å². The van der Waals surface area contributed by atoms with Gasteiger partial charge in [0, 0.05) is 11.8 Å². The predicted octanol–water partition coefficient (Wildman–Crippen LogP) is 2.06. The molecule has 106 valence electrons. The third kappa shape index (κ3) is 4.81. The number of carbonyl (C=O) groups excluding carboxylic acids is 1. The molecule has 0 aliphatic rings. The number of hydrogen-bond donors (Lipinski definition) is 1. The van der Waals surface area contributed by atoms with E-state index in [1.165, 1.54) is 18.2 Å². The Morgan fingerprint density at radius 2 is 2.05 bits per heavy atom. The highest BCUT2D eigenvalue weighted by Gasteiger charge is 2.15. The first kappa shape index (κ1) is 15.9. The number of rotatable bonds is 5. The fourth-order valence-corrected chi connectivity index (χ4v) is 2.56. The fourth-order valence-electron chi connectivity index (χ4n) is 1.26. The van der Waals surface area contributed by atoms with Crippen LogP contribution in [-0.2, 0) is 14.7 Å². The standard InChI is InChI=1S/C12H16ClNO4S/c1-8(2)7-18-14-12(15)9-4-5-10(13)11(6-9)19(3,16)17/h4-6,8H,7H2,1-3H3,(H,14,15). The van der Waals surface area contributed by atoms with Gasteiger partial charge in [0.25, 0.3) is 5.91 Å². The summed E-state index contributed by atoms with van der Waals surface area (Å²) < 4.78 is 23.0. The van der Waals surface area contributed by atoms with Crippen molar-refractivity contribution in [2.75, 3.05) is 12.9 Å². The Morgan fingerprint density at radius 1 is 1.42 bits per heavy atom. The van der Waals surface area contributed by atoms with Gasteiger partial charge in [0.15, 0.2) is 9.84 Å². The normalized spacial score (nSPS) is 11.6. The van der Waals surface area contributed by atoms with Crippen molar-refractivity contribution in [3.8, 4) is 0 Å². The molecular formula is C12H16ClNO4S. The third-order valence-electron chi connectivity index (χ3n) is 2.17. The molecule has 0 aromatic heterocycles. The monoisotopic (exact) mass is 305 g/mol. The summed E-state index contributed by atoms with van der Waals surface area (Å²) in [5.41, 5.74) is 2.43. The van der Waals surface area contributed by atoms with Crippen LogP contribution in [0.1, 0.15) is 24.2 Å². The van der Waals surface area contributed by atoms with Crippen molar-refractivity contribution < 1.29 is 18.0 Å². The number of hydroxylamine groups is 1. The second kappa shape index (κ2) is 6.36. The fraction of sp³-hybridized carbons (Fsp3) is 0.417. The lowest BCUT2D eigenvalue weighted by atomic mass is 10.2. The zero-order chi connectivity index (χ0) is 14.6. The van der Waals surface area contributed by atoms with Crippen molar-refractivity contribution in [1.82, 2.24) is 5.48 Å². The van der Waals surface area contributed by atoms with E-state index in [2.05, 4.69) is 5.48 Å². The first-order chi connectivity index (χ1) is 8.71. The van der Waals surface area contributed by atoms with Gasteiger partial charge in [-0.2, -0.15) is 0 Å². The van der Waals surface area contributed by atoms with E-state index in [0.717, 1.165) is 6.26 Å². The highest BCUT2D eigenvalue weighted by atomic mass is 35.5. The van der Waals surface area contributed by atoms with Crippen molar-refractivity contribution in [2.24, 2.45) is 5.92 Å². The van der Waals surface area contributed by atoms with E-state index in [4.69, 9.17) is 16.4 Å². The lowest BCUT2D eigenvalue weighted by Gasteiger charge is -2.09. The van der Waals surface area contributed by atoms with Gasteiger partial charge >= 0.3 is 0 Å². The van der Waals surface area contributed by atoms with E-state index in [1.54, 1.807) is 0 Å². The molecule has 0 saturated carbocycles. The first-order valence-corrected chi connectivity index (χ1v) is 7.90. The Hall–Kier alpha value is -1.11. The minimum atomic E-state index is -3.48. The van der Waals surface area contributed by atoms with Crippen LogP contribution in [0, 0.1) is 5.92 Å². The number of carbonyl (C=O) groups is 1. The SMILES string of the molecule is CC(C)CONC(=O)c1ccc(Cl)c(S(C)(=O)=O)c1. The average Bonchev–Trinajstić information content (AvgIpc) is 2.27. The Labute approximate surface area is 117 Å². The summed E-state index contributed by atoms with van der Waals surface area (Å²) in [7, 11) is -3.48. The maximum Gasteiger partial charge on any atom is 0.274 e. The van der Waals surface area contributed by atoms with Crippen LogP contribution in [0.3, 0.4) is 0 Å². The maximum absolute atomic E-state index is 11.7. The van der Waals surface area contributed by atoms with Crippen LogP contribution in [0.2, 0.25) is 5.02 Å². The summed E-state index contributed by atoms with van der Waals surface area (Å²) >= 11 is 5.79. The second-order valence-corrected chi connectivity index (χ2v) is 6.94. The molecule has 1 rings (SSSR count). The number of nitrogens with one attached hydrogen (secondary N) is 1. The van der Waals surface area contributed by atoms with E-state index < -0.39 is 15.7 Å². The van der Waals surface area contributed by atoms with Gasteiger partial charge in [-0.25, -0.2) is 13.9 Å². The summed E-state index contributed by atoms with van der Waals surface area (Å²) in [6.45, 7) is 4.25. The first-order valence-electron chi connectivity index (χ1n) is 5.63. The highest BCUT2D eigenvalue weighted by molar-refractivity contribution is 7.90. The van der Waals surface area contributed by atoms with Crippen LogP contribution < -0.4 is 5.48 Å². The van der Waals surface area contributed by atoms with Crippen molar-refractivity contribution in [1.29, 1.82) is 0 Å². The van der Waals surface area contributed by atoms with Gasteiger partial charge in [-0.1, -0.05) is 25.4 Å². The molecule has 0 spiro atoms. The molecule has 1 N–H and O–H groups in total. The molecule has 1 amide bonds. The molecule has 19 heavy (non-hydrogen) atoms. The summed E-state index contributed by atoms with van der Waals surface area (Å²) in [6, 6.07) is 4.03. The Balaban J connectivity index is 2.88. The minimum absolute atomic E-state index is 0.0781. The van der Waals surface area contributed by atoms with Gasteiger partial charge in [0.05, 0.1) is 16.5 Å². The Morgan fingerprint density at radius 3 is 2.58 bits per heavy atom. The Bertz CT molecular complexity index is 569. The molecular weight excluding hydrogens is 290 g/mol. The summed E-state index contributed by atoms with van der Waals surface area (Å²) in [6.07, 6.45) is 1.03. The van der Waals surface area contributed by atoms with E-state index in [-0.39, 0.29) is 21.4 Å². The van der Waals surface area contributed by atoms with Crippen molar-refractivity contribution >= 4 is 27.3 Å². The molecule has 0 atom stereocenters. The number of sulfone groups is 1. The van der Waals surface area contributed by atoms with Gasteiger partial charge in [0.2, 0.25) is 0 Å². The molecule has 5 nitrogen and oxygen atoms in total. The quantitative estimate of drug-likeness (QED) is 0.845. The molecule has 1 aromatic rings. The van der Waals surface area contributed by atoms with Gasteiger partial charge in [0.1, 0.15) is 0 Å². The zero-order valence-electron chi connectivity index (χ0n) is 10.9. The van der Waals surface area contributed by atoms with E-state index in [1.807, 2.05) is 13.8 Å². The molecule has 0 bridgehead atoms. The lowest BCUT2D eigenvalue weighted by Crippen LogP contribution is -2.25. The van der Waals surface area contributed by atoms with E-state index >= 15 is 0 Å². The van der Waals surface area contributed by atoms with Crippen molar-refractivity contribution in [2.45, 2.75) is 18.7 Å². The van der Waals surface area contributed by atoms with Crippen LogP contribution in [0.4, 0.5) is 0 Å². The molecule has 0 aliphatic heterocycles. The predicted molar refractivity (Wildman–Crippen MR) is 72.8 cm³/mol. The Kier molecular flexibility index (Phi) is 5.34. The minimum Gasteiger partial charge on any atom is -0.273 e. The van der Waals surface area contributed by atoms with Gasteiger partial charge in [-0.15, -0.1) is 0 Å². The van der Waals surface area contributed by atoms with Crippen molar-refractivity contribution in [3.63, 3.8) is 0 Å². The summed E-state index contributed by atoms with van der Waals surface area (Å²) in [5, 5.41) is 0.0853. The lowest BCUT2D eigenvalue weighted by molar-refractivity contribution is 0.0208. The smallest absolute Gasteiger partial charge is 0.273 e. The highest BCUT2D eigenvalue weighted by Crippen LogP contribution is 2.22. The van der Waals surface area contributed by atoms with Crippen LogP contribution in [0.25, 0.3) is 0 Å². The molecule has 7 heteroatoms.